The summed E-state index contributed by atoms with van der Waals surface area (Å²) in [6, 6.07) is 0. The molecule has 1 atom stereocenters. The molecule has 0 spiro atoms. The maximum Gasteiger partial charge on any atom is 0.259 e. The summed E-state index contributed by atoms with van der Waals surface area (Å²) in [5.74, 6) is 0.981. The van der Waals surface area contributed by atoms with Gasteiger partial charge in [0.2, 0.25) is 5.91 Å². The number of piperidine rings is 1. The number of imidazole rings is 1. The maximum absolute atomic E-state index is 13.0. The number of nitrogens with zero attached hydrogens (tertiary/aromatic N) is 4. The first-order valence-electron chi connectivity index (χ1n) is 8.55. The van der Waals surface area contributed by atoms with Gasteiger partial charge >= 0.3 is 0 Å². The molecule has 1 aliphatic rings. The number of aromatic nitrogens is 3. The van der Waals surface area contributed by atoms with Gasteiger partial charge in [-0.25, -0.2) is 4.98 Å². The molecule has 134 valence electrons. The van der Waals surface area contributed by atoms with Crippen molar-refractivity contribution in [3.8, 4) is 0 Å². The third kappa shape index (κ3) is 3.42. The molecule has 3 rings (SSSR count). The Morgan fingerprint density at radius 2 is 2.24 bits per heavy atom. The van der Waals surface area contributed by atoms with Gasteiger partial charge in [-0.2, -0.15) is 0 Å². The van der Waals surface area contributed by atoms with Gasteiger partial charge in [0, 0.05) is 31.4 Å². The van der Waals surface area contributed by atoms with E-state index in [1.54, 1.807) is 23.9 Å². The van der Waals surface area contributed by atoms with E-state index in [0.717, 1.165) is 18.7 Å². The molecule has 3 heterocycles. The predicted octanol–water partition coefficient (Wildman–Crippen LogP) is 1.25. The lowest BCUT2D eigenvalue weighted by Crippen LogP contribution is -2.40. The number of rotatable bonds is 5. The van der Waals surface area contributed by atoms with E-state index >= 15 is 0 Å². The highest BCUT2D eigenvalue weighted by molar-refractivity contribution is 5.96. The average molecular weight is 345 g/mol. The second kappa shape index (κ2) is 7.08. The largest absolute Gasteiger partial charge is 0.368 e. The minimum absolute atomic E-state index is 0.0479. The molecule has 8 heteroatoms. The van der Waals surface area contributed by atoms with Gasteiger partial charge in [-0.15, -0.1) is 0 Å². The highest BCUT2D eigenvalue weighted by atomic mass is 16.5. The number of amides is 2. The summed E-state index contributed by atoms with van der Waals surface area (Å²) in [6.45, 7) is 5.07. The summed E-state index contributed by atoms with van der Waals surface area (Å²) in [4.78, 5) is 30.4. The van der Waals surface area contributed by atoms with Gasteiger partial charge in [0.25, 0.3) is 5.91 Å². The van der Waals surface area contributed by atoms with E-state index in [0.29, 0.717) is 36.5 Å². The summed E-state index contributed by atoms with van der Waals surface area (Å²) >= 11 is 0. The van der Waals surface area contributed by atoms with E-state index in [1.807, 2.05) is 11.8 Å². The molecule has 2 amide bonds. The van der Waals surface area contributed by atoms with Crippen molar-refractivity contribution in [1.29, 1.82) is 0 Å². The Morgan fingerprint density at radius 1 is 1.44 bits per heavy atom. The standard InChI is InChI=1S/C17H23N5O3/c1-3-13-15(11(2)25-20-13)17(24)22-7-4-5-12(9-22)16-19-6-8-21(16)10-14(18)23/h6,8,12H,3-5,7,9-10H2,1-2H3,(H2,18,23)/t12-/m1/s1. The minimum atomic E-state index is -0.407. The zero-order valence-corrected chi connectivity index (χ0v) is 14.6. The van der Waals surface area contributed by atoms with Crippen LogP contribution < -0.4 is 5.73 Å². The van der Waals surface area contributed by atoms with Crippen LogP contribution in [0.3, 0.4) is 0 Å². The molecule has 8 nitrogen and oxygen atoms in total. The third-order valence-electron chi connectivity index (χ3n) is 4.63. The number of carbonyl (C=O) groups is 2. The van der Waals surface area contributed by atoms with Gasteiger partial charge in [-0.1, -0.05) is 12.1 Å². The lowest BCUT2D eigenvalue weighted by atomic mass is 9.96. The molecule has 0 aromatic carbocycles. The number of likely N-dealkylation sites (tertiary alicyclic amines) is 1. The van der Waals surface area contributed by atoms with Gasteiger partial charge in [0.15, 0.2) is 0 Å². The zero-order valence-electron chi connectivity index (χ0n) is 14.6. The van der Waals surface area contributed by atoms with Crippen molar-refractivity contribution in [1.82, 2.24) is 19.6 Å². The van der Waals surface area contributed by atoms with E-state index in [1.165, 1.54) is 0 Å². The Kier molecular flexibility index (Phi) is 4.87. The van der Waals surface area contributed by atoms with Crippen molar-refractivity contribution in [3.05, 3.63) is 35.2 Å². The first-order chi connectivity index (χ1) is 12.0. The van der Waals surface area contributed by atoms with Crippen molar-refractivity contribution >= 4 is 11.8 Å². The molecule has 0 unspecified atom stereocenters. The van der Waals surface area contributed by atoms with Crippen LogP contribution in [0.2, 0.25) is 0 Å². The molecular weight excluding hydrogens is 322 g/mol. The molecule has 0 aliphatic carbocycles. The lowest BCUT2D eigenvalue weighted by molar-refractivity contribution is -0.118. The maximum atomic E-state index is 13.0. The molecule has 0 saturated carbocycles. The van der Waals surface area contributed by atoms with Crippen LogP contribution in [0.15, 0.2) is 16.9 Å². The normalized spacial score (nSPS) is 17.7. The molecule has 1 saturated heterocycles. The smallest absolute Gasteiger partial charge is 0.259 e. The SMILES string of the molecule is CCc1noc(C)c1C(=O)N1CCC[C@@H](c2nccn2CC(N)=O)C1. The van der Waals surface area contributed by atoms with Crippen molar-refractivity contribution < 1.29 is 14.1 Å². The van der Waals surface area contributed by atoms with Gasteiger partial charge in [-0.3, -0.25) is 9.59 Å². The van der Waals surface area contributed by atoms with Crippen molar-refractivity contribution in [2.24, 2.45) is 5.73 Å². The van der Waals surface area contributed by atoms with E-state index < -0.39 is 5.91 Å². The van der Waals surface area contributed by atoms with E-state index in [9.17, 15) is 9.59 Å². The number of hydrogen-bond acceptors (Lipinski definition) is 5. The van der Waals surface area contributed by atoms with Crippen LogP contribution in [0.25, 0.3) is 0 Å². The average Bonchev–Trinajstić information content (AvgIpc) is 3.20. The number of primary amides is 1. The molecular formula is C17H23N5O3. The molecule has 2 aromatic rings. The zero-order chi connectivity index (χ0) is 18.0. The molecule has 0 bridgehead atoms. The van der Waals surface area contributed by atoms with Crippen LogP contribution in [0, 0.1) is 6.92 Å². The Labute approximate surface area is 146 Å². The lowest BCUT2D eigenvalue weighted by Gasteiger charge is -2.32. The topological polar surface area (TPSA) is 107 Å². The Bertz CT molecular complexity index is 779. The Hall–Kier alpha value is -2.64. The van der Waals surface area contributed by atoms with Gasteiger partial charge in [-0.05, 0) is 26.2 Å². The van der Waals surface area contributed by atoms with Gasteiger partial charge in [0.1, 0.15) is 23.7 Å². The number of carbonyl (C=O) groups excluding carboxylic acids is 2. The van der Waals surface area contributed by atoms with Gasteiger partial charge in [0.05, 0.1) is 5.69 Å². The second-order valence-electron chi connectivity index (χ2n) is 6.38. The molecule has 2 N–H and O–H groups in total. The van der Waals surface area contributed by atoms with Crippen LogP contribution in [-0.4, -0.2) is 44.5 Å². The molecule has 2 aromatic heterocycles. The van der Waals surface area contributed by atoms with Crippen molar-refractivity contribution in [3.63, 3.8) is 0 Å². The minimum Gasteiger partial charge on any atom is -0.368 e. The first kappa shape index (κ1) is 17.2. The summed E-state index contributed by atoms with van der Waals surface area (Å²) in [5, 5.41) is 3.98. The summed E-state index contributed by atoms with van der Waals surface area (Å²) < 4.78 is 6.96. The number of aryl methyl sites for hydroxylation is 2. The summed E-state index contributed by atoms with van der Waals surface area (Å²) in [7, 11) is 0. The van der Waals surface area contributed by atoms with E-state index in [2.05, 4.69) is 10.1 Å². The highest BCUT2D eigenvalue weighted by Crippen LogP contribution is 2.28. The molecule has 1 aliphatic heterocycles. The Morgan fingerprint density at radius 3 is 2.96 bits per heavy atom. The van der Waals surface area contributed by atoms with Crippen LogP contribution in [0.1, 0.15) is 53.3 Å². The van der Waals surface area contributed by atoms with Crippen molar-refractivity contribution in [2.75, 3.05) is 13.1 Å². The van der Waals surface area contributed by atoms with Crippen LogP contribution in [0.4, 0.5) is 0 Å². The van der Waals surface area contributed by atoms with E-state index in [-0.39, 0.29) is 18.4 Å². The highest BCUT2D eigenvalue weighted by Gasteiger charge is 2.31. The fourth-order valence-electron chi connectivity index (χ4n) is 3.45. The summed E-state index contributed by atoms with van der Waals surface area (Å²) in [6.07, 6.45) is 5.87. The fourth-order valence-corrected chi connectivity index (χ4v) is 3.45. The third-order valence-corrected chi connectivity index (χ3v) is 4.63. The number of nitrogens with two attached hydrogens (primary N) is 1. The first-order valence-corrected chi connectivity index (χ1v) is 8.55. The number of hydrogen-bond donors (Lipinski definition) is 1. The van der Waals surface area contributed by atoms with Crippen LogP contribution in [0.5, 0.6) is 0 Å². The predicted molar refractivity (Wildman–Crippen MR) is 89.9 cm³/mol. The quantitative estimate of drug-likeness (QED) is 0.877. The molecule has 0 radical (unpaired) electrons. The molecule has 1 fully saturated rings. The summed E-state index contributed by atoms with van der Waals surface area (Å²) in [5.41, 5.74) is 6.57. The second-order valence-corrected chi connectivity index (χ2v) is 6.38. The van der Waals surface area contributed by atoms with E-state index in [4.69, 9.17) is 10.3 Å². The molecule has 25 heavy (non-hydrogen) atoms. The van der Waals surface area contributed by atoms with Crippen LogP contribution in [-0.2, 0) is 17.8 Å². The fraction of sp³-hybridized carbons (Fsp3) is 0.529. The van der Waals surface area contributed by atoms with Crippen LogP contribution >= 0.6 is 0 Å². The monoisotopic (exact) mass is 345 g/mol. The van der Waals surface area contributed by atoms with Gasteiger partial charge < -0.3 is 19.7 Å². The van der Waals surface area contributed by atoms with Crippen molar-refractivity contribution in [2.45, 2.75) is 45.6 Å². The Balaban J connectivity index is 1.80.